The van der Waals surface area contributed by atoms with Crippen LogP contribution in [0.4, 0.5) is 5.69 Å². The summed E-state index contributed by atoms with van der Waals surface area (Å²) in [6.45, 7) is 0. The molecular formula is C6H4BrN2NaO6S. The summed E-state index contributed by atoms with van der Waals surface area (Å²) in [5.74, 6) is 0. The topological polar surface area (TPSA) is 133 Å². The molecule has 8 nitrogen and oxygen atoms in total. The first-order chi connectivity index (χ1) is 7.23. The molecule has 1 heterocycles. The Hall–Kier alpha value is -0.100. The fraction of sp³-hybridized carbons (Fsp3) is 0.167. The summed E-state index contributed by atoms with van der Waals surface area (Å²) in [6, 6.07) is 0.941. The van der Waals surface area contributed by atoms with Crippen LogP contribution in [0.2, 0.25) is 0 Å². The summed E-state index contributed by atoms with van der Waals surface area (Å²) < 4.78 is 31.8. The number of nitrogens with zero attached hydrogens (tertiary/aromatic N) is 2. The van der Waals surface area contributed by atoms with E-state index >= 15 is 0 Å². The first-order valence-corrected chi connectivity index (χ1v) is 5.92. The van der Waals surface area contributed by atoms with E-state index in [4.69, 9.17) is 5.11 Å². The summed E-state index contributed by atoms with van der Waals surface area (Å²) in [7, 11) is -5.10. The number of pyridine rings is 1. The van der Waals surface area contributed by atoms with Gasteiger partial charge in [0.2, 0.25) is 0 Å². The molecule has 0 saturated heterocycles. The molecule has 1 aromatic rings. The minimum absolute atomic E-state index is 0. The van der Waals surface area contributed by atoms with E-state index in [1.165, 1.54) is 0 Å². The van der Waals surface area contributed by atoms with Crippen molar-refractivity contribution in [3.63, 3.8) is 0 Å². The summed E-state index contributed by atoms with van der Waals surface area (Å²) in [4.78, 5) is 12.9. The molecule has 1 N–H and O–H groups in total. The number of rotatable bonds is 3. The molecule has 0 fully saturated rings. The van der Waals surface area contributed by atoms with Gasteiger partial charge in [-0.15, -0.1) is 0 Å². The van der Waals surface area contributed by atoms with Crippen molar-refractivity contribution in [2.24, 2.45) is 0 Å². The Balaban J connectivity index is 0.00000256. The zero-order chi connectivity index (χ0) is 12.5. The standard InChI is InChI=1S/C6H5BrN2O6S.Na/c7-3-1-4(9(11)12)5(8-2-3)6(10)16(13,14)15;/h1-2,6,10H,(H,13,14,15);/q;+1/p-1. The molecule has 88 valence electrons. The maximum Gasteiger partial charge on any atom is 1.00 e. The molecule has 0 amide bonds. The molecule has 0 aromatic carbocycles. The van der Waals surface area contributed by atoms with E-state index in [1.807, 2.05) is 0 Å². The zero-order valence-electron chi connectivity index (χ0n) is 8.40. The Morgan fingerprint density at radius 1 is 1.53 bits per heavy atom. The number of halogens is 1. The molecule has 0 spiro atoms. The van der Waals surface area contributed by atoms with Crippen LogP contribution in [-0.2, 0) is 10.1 Å². The number of aliphatic hydroxyl groups excluding tert-OH is 1. The fourth-order valence-corrected chi connectivity index (χ4v) is 1.69. The van der Waals surface area contributed by atoms with E-state index in [0.717, 1.165) is 12.3 Å². The van der Waals surface area contributed by atoms with Crippen molar-refractivity contribution in [2.45, 2.75) is 5.44 Å². The van der Waals surface area contributed by atoms with Crippen LogP contribution < -0.4 is 29.6 Å². The first-order valence-electron chi connectivity index (χ1n) is 3.66. The third-order valence-corrected chi connectivity index (χ3v) is 2.77. The molecule has 0 bridgehead atoms. The predicted molar refractivity (Wildman–Crippen MR) is 53.2 cm³/mol. The zero-order valence-corrected chi connectivity index (χ0v) is 12.8. The first kappa shape index (κ1) is 16.9. The van der Waals surface area contributed by atoms with Crippen LogP contribution in [0.15, 0.2) is 16.7 Å². The fourth-order valence-electron chi connectivity index (χ4n) is 0.912. The van der Waals surface area contributed by atoms with Crippen molar-refractivity contribution in [3.05, 3.63) is 32.5 Å². The van der Waals surface area contributed by atoms with Crippen molar-refractivity contribution in [1.29, 1.82) is 0 Å². The van der Waals surface area contributed by atoms with Crippen LogP contribution in [0.5, 0.6) is 0 Å². The van der Waals surface area contributed by atoms with E-state index in [0.29, 0.717) is 0 Å². The summed E-state index contributed by atoms with van der Waals surface area (Å²) in [5.41, 5.74) is -4.11. The summed E-state index contributed by atoms with van der Waals surface area (Å²) in [6.07, 6.45) is 1.04. The van der Waals surface area contributed by atoms with Gasteiger partial charge in [0.1, 0.15) is 10.1 Å². The third kappa shape index (κ3) is 4.25. The normalized spacial score (nSPS) is 12.6. The maximum atomic E-state index is 10.5. The van der Waals surface area contributed by atoms with E-state index in [1.54, 1.807) is 0 Å². The molecule has 11 heteroatoms. The van der Waals surface area contributed by atoms with E-state index in [2.05, 4.69) is 20.9 Å². The molecule has 0 aliphatic carbocycles. The Bertz CT molecular complexity index is 535. The van der Waals surface area contributed by atoms with Crippen LogP contribution in [0.1, 0.15) is 11.1 Å². The van der Waals surface area contributed by atoms with Crippen molar-refractivity contribution >= 4 is 31.7 Å². The van der Waals surface area contributed by atoms with Gasteiger partial charge in [-0.2, -0.15) is 0 Å². The van der Waals surface area contributed by atoms with Crippen LogP contribution in [-0.4, -0.2) is 28.0 Å². The van der Waals surface area contributed by atoms with Gasteiger partial charge in [0.25, 0.3) is 5.69 Å². The minimum atomic E-state index is -5.10. The molecule has 0 saturated carbocycles. The second kappa shape index (κ2) is 6.18. The van der Waals surface area contributed by atoms with Gasteiger partial charge in [0, 0.05) is 16.7 Å². The van der Waals surface area contributed by atoms with Gasteiger partial charge in [-0.1, -0.05) is 0 Å². The van der Waals surface area contributed by atoms with E-state index in [9.17, 15) is 23.1 Å². The second-order valence-corrected chi connectivity index (χ2v) is 5.01. The Morgan fingerprint density at radius 2 is 2.06 bits per heavy atom. The van der Waals surface area contributed by atoms with Crippen LogP contribution in [0, 0.1) is 10.1 Å². The molecule has 17 heavy (non-hydrogen) atoms. The van der Waals surface area contributed by atoms with Gasteiger partial charge >= 0.3 is 29.6 Å². The summed E-state index contributed by atoms with van der Waals surface area (Å²) >= 11 is 2.89. The second-order valence-electron chi connectivity index (χ2n) is 2.66. The van der Waals surface area contributed by atoms with Crippen LogP contribution >= 0.6 is 15.9 Å². The predicted octanol–water partition coefficient (Wildman–Crippen LogP) is -2.71. The molecular weight excluding hydrogens is 331 g/mol. The van der Waals surface area contributed by atoms with Gasteiger partial charge in [-0.25, -0.2) is 13.4 Å². The quantitative estimate of drug-likeness (QED) is 0.275. The summed E-state index contributed by atoms with van der Waals surface area (Å²) in [5, 5.41) is 19.6. The molecule has 1 unspecified atom stereocenters. The molecule has 1 aromatic heterocycles. The average Bonchev–Trinajstić information content (AvgIpc) is 2.15. The Morgan fingerprint density at radius 3 is 2.47 bits per heavy atom. The van der Waals surface area contributed by atoms with Crippen molar-refractivity contribution < 1.29 is 52.6 Å². The molecule has 0 radical (unpaired) electrons. The average molecular weight is 335 g/mol. The molecule has 1 atom stereocenters. The van der Waals surface area contributed by atoms with Crippen LogP contribution in [0.3, 0.4) is 0 Å². The number of nitro groups is 1. The monoisotopic (exact) mass is 334 g/mol. The van der Waals surface area contributed by atoms with Gasteiger partial charge in [0.15, 0.2) is 11.1 Å². The van der Waals surface area contributed by atoms with Gasteiger partial charge < -0.3 is 9.66 Å². The number of hydrogen-bond acceptors (Lipinski definition) is 7. The molecule has 0 aliphatic heterocycles. The Labute approximate surface area is 126 Å². The minimum Gasteiger partial charge on any atom is -0.746 e. The third-order valence-electron chi connectivity index (χ3n) is 1.57. The van der Waals surface area contributed by atoms with E-state index < -0.39 is 31.9 Å². The number of aliphatic hydroxyl groups is 1. The Kier molecular flexibility index (Phi) is 6.14. The largest absolute Gasteiger partial charge is 1.00 e. The number of aromatic nitrogens is 1. The van der Waals surface area contributed by atoms with Crippen LogP contribution in [0.25, 0.3) is 0 Å². The SMILES string of the molecule is O=[N+]([O-])c1cc(Br)cnc1C(O)S(=O)(=O)[O-].[Na+]. The van der Waals surface area contributed by atoms with Crippen molar-refractivity contribution in [3.8, 4) is 0 Å². The smallest absolute Gasteiger partial charge is 0.746 e. The number of hydrogen-bond donors (Lipinski definition) is 1. The van der Waals surface area contributed by atoms with Crippen molar-refractivity contribution in [2.75, 3.05) is 0 Å². The van der Waals surface area contributed by atoms with Gasteiger partial charge in [0.05, 0.1) is 4.92 Å². The molecule has 1 rings (SSSR count). The maximum absolute atomic E-state index is 10.5. The van der Waals surface area contributed by atoms with Gasteiger partial charge in [-0.3, -0.25) is 10.1 Å². The molecule has 0 aliphatic rings. The van der Waals surface area contributed by atoms with Crippen molar-refractivity contribution in [1.82, 2.24) is 4.98 Å². The van der Waals surface area contributed by atoms with Gasteiger partial charge in [-0.05, 0) is 15.9 Å². The van der Waals surface area contributed by atoms with E-state index in [-0.39, 0.29) is 34.0 Å².